The van der Waals surface area contributed by atoms with Crippen LogP contribution in [0.2, 0.25) is 0 Å². The molecule has 4 nitrogen and oxygen atoms in total. The van der Waals surface area contributed by atoms with Crippen molar-refractivity contribution < 1.29 is 0 Å². The van der Waals surface area contributed by atoms with Gasteiger partial charge in [0.25, 0.3) is 0 Å². The second-order valence-electron chi connectivity index (χ2n) is 1.81. The number of hydrogen-bond acceptors (Lipinski definition) is 3. The van der Waals surface area contributed by atoms with E-state index in [1.54, 1.807) is 5.01 Å². The van der Waals surface area contributed by atoms with Crippen molar-refractivity contribution in [3.63, 3.8) is 0 Å². The van der Waals surface area contributed by atoms with Crippen LogP contribution in [0.5, 0.6) is 0 Å². The average molecular weight is 121 g/mol. The standard InChI is InChI=1S/C5H5N4/c1-2-4-9-5(3-1)6-7-8-9/h1-3H,4H2. The zero-order chi connectivity index (χ0) is 6.10. The summed E-state index contributed by atoms with van der Waals surface area (Å²) in [6.07, 6.45) is 5.83. The van der Waals surface area contributed by atoms with Crippen LogP contribution in [0.4, 0.5) is 0 Å². The van der Waals surface area contributed by atoms with E-state index in [1.807, 2.05) is 18.2 Å². The Morgan fingerprint density at radius 2 is 2.56 bits per heavy atom. The molecule has 1 radical (unpaired) electrons. The third-order valence-electron chi connectivity index (χ3n) is 1.22. The van der Waals surface area contributed by atoms with Crippen molar-refractivity contribution in [1.29, 1.82) is 0 Å². The molecule has 0 atom stereocenters. The minimum atomic E-state index is 0.791. The van der Waals surface area contributed by atoms with Gasteiger partial charge in [-0.15, -0.1) is 5.43 Å². The molecule has 0 aliphatic carbocycles. The number of hydrogen-bond donors (Lipinski definition) is 0. The summed E-state index contributed by atoms with van der Waals surface area (Å²) in [5, 5.41) is 8.96. The third kappa shape index (κ3) is 0.595. The third-order valence-corrected chi connectivity index (χ3v) is 1.22. The second-order valence-corrected chi connectivity index (χ2v) is 1.81. The maximum absolute atomic E-state index is 3.75. The van der Waals surface area contributed by atoms with E-state index in [0.29, 0.717) is 0 Å². The number of allylic oxidation sites excluding steroid dienone is 2. The molecule has 0 bridgehead atoms. The molecule has 0 N–H and O–H groups in total. The molecule has 45 valence electrons. The zero-order valence-corrected chi connectivity index (χ0v) is 4.73. The van der Waals surface area contributed by atoms with Crippen molar-refractivity contribution in [3.05, 3.63) is 24.0 Å². The van der Waals surface area contributed by atoms with Gasteiger partial charge in [-0.2, -0.15) is 0 Å². The maximum Gasteiger partial charge on any atom is 0.174 e. The molecule has 0 spiro atoms. The lowest BCUT2D eigenvalue weighted by Crippen LogP contribution is -2.17. The molecule has 0 aromatic carbocycles. The molecular weight excluding hydrogens is 116 g/mol. The zero-order valence-electron chi connectivity index (χ0n) is 4.73. The summed E-state index contributed by atoms with van der Waals surface area (Å²) < 4.78 is 0. The van der Waals surface area contributed by atoms with E-state index in [0.717, 1.165) is 12.4 Å². The Morgan fingerprint density at radius 1 is 1.56 bits per heavy atom. The fourth-order valence-electron chi connectivity index (χ4n) is 0.776. The lowest BCUT2D eigenvalue weighted by molar-refractivity contribution is 0.405. The van der Waals surface area contributed by atoms with Gasteiger partial charge in [-0.25, -0.2) is 5.01 Å². The molecule has 2 rings (SSSR count). The van der Waals surface area contributed by atoms with Crippen LogP contribution >= 0.6 is 0 Å². The van der Waals surface area contributed by atoms with Gasteiger partial charge >= 0.3 is 0 Å². The SMILES string of the molecule is C1=CCN2N=N[N]C2=C1. The van der Waals surface area contributed by atoms with Crippen molar-refractivity contribution in [2.24, 2.45) is 10.4 Å². The molecule has 9 heavy (non-hydrogen) atoms. The van der Waals surface area contributed by atoms with Gasteiger partial charge in [0.05, 0.1) is 6.54 Å². The molecule has 0 aromatic rings. The van der Waals surface area contributed by atoms with Crippen molar-refractivity contribution in [3.8, 4) is 0 Å². The van der Waals surface area contributed by atoms with E-state index >= 15 is 0 Å². The monoisotopic (exact) mass is 121 g/mol. The van der Waals surface area contributed by atoms with Crippen LogP contribution in [0, 0.1) is 0 Å². The molecule has 2 aliphatic rings. The summed E-state index contributed by atoms with van der Waals surface area (Å²) in [5.74, 6) is 0.831. The van der Waals surface area contributed by atoms with Gasteiger partial charge in [-0.1, -0.05) is 12.2 Å². The molecular formula is C5H5N4. The van der Waals surface area contributed by atoms with Gasteiger partial charge < -0.3 is 0 Å². The van der Waals surface area contributed by atoms with E-state index in [1.165, 1.54) is 0 Å². The normalized spacial score (nSPS) is 21.3. The molecule has 0 fully saturated rings. The van der Waals surface area contributed by atoms with E-state index in [4.69, 9.17) is 0 Å². The molecule has 0 saturated carbocycles. The van der Waals surface area contributed by atoms with E-state index in [-0.39, 0.29) is 0 Å². The highest BCUT2D eigenvalue weighted by Gasteiger charge is 2.15. The summed E-state index contributed by atoms with van der Waals surface area (Å²) in [5.41, 5.74) is 3.75. The van der Waals surface area contributed by atoms with Crippen molar-refractivity contribution in [1.82, 2.24) is 10.4 Å². The Labute approximate surface area is 52.5 Å². The van der Waals surface area contributed by atoms with Crippen LogP contribution in [-0.4, -0.2) is 11.6 Å². The molecule has 4 heteroatoms. The molecule has 0 amide bonds. The molecule has 2 heterocycles. The van der Waals surface area contributed by atoms with E-state index < -0.39 is 0 Å². The van der Waals surface area contributed by atoms with Gasteiger partial charge in [0.2, 0.25) is 0 Å². The molecule has 0 saturated heterocycles. The van der Waals surface area contributed by atoms with Crippen molar-refractivity contribution >= 4 is 0 Å². The Balaban J connectivity index is 2.29. The van der Waals surface area contributed by atoms with E-state index in [2.05, 4.69) is 15.9 Å². The lowest BCUT2D eigenvalue weighted by atomic mass is 10.4. The first kappa shape index (κ1) is 4.55. The molecule has 0 unspecified atom stereocenters. The van der Waals surface area contributed by atoms with Crippen LogP contribution in [0.3, 0.4) is 0 Å². The first-order valence-corrected chi connectivity index (χ1v) is 2.73. The average Bonchev–Trinajstić information content (AvgIpc) is 2.33. The van der Waals surface area contributed by atoms with Gasteiger partial charge in [0.1, 0.15) is 0 Å². The first-order chi connectivity index (χ1) is 4.47. The van der Waals surface area contributed by atoms with Crippen LogP contribution in [0.25, 0.3) is 0 Å². The lowest BCUT2D eigenvalue weighted by Gasteiger charge is -2.10. The van der Waals surface area contributed by atoms with Crippen LogP contribution in [0.15, 0.2) is 34.5 Å². The van der Waals surface area contributed by atoms with Crippen molar-refractivity contribution in [2.45, 2.75) is 0 Å². The highest BCUT2D eigenvalue weighted by Crippen LogP contribution is 2.13. The minimum absolute atomic E-state index is 0.791. The maximum atomic E-state index is 3.75. The summed E-state index contributed by atoms with van der Waals surface area (Å²) in [6.45, 7) is 0.791. The Kier molecular flexibility index (Phi) is 0.798. The number of rotatable bonds is 0. The Hall–Kier alpha value is -1.32. The topological polar surface area (TPSA) is 42.1 Å². The summed E-state index contributed by atoms with van der Waals surface area (Å²) in [4.78, 5) is 0. The Bertz CT molecular complexity index is 203. The Morgan fingerprint density at radius 3 is 3.44 bits per heavy atom. The quantitative estimate of drug-likeness (QED) is 0.462. The highest BCUT2D eigenvalue weighted by molar-refractivity contribution is 5.15. The smallest absolute Gasteiger partial charge is 0.174 e. The first-order valence-electron chi connectivity index (χ1n) is 2.73. The minimum Gasteiger partial charge on any atom is -0.222 e. The summed E-state index contributed by atoms with van der Waals surface area (Å²) in [7, 11) is 0. The van der Waals surface area contributed by atoms with Crippen LogP contribution < -0.4 is 5.43 Å². The fraction of sp³-hybridized carbons (Fsp3) is 0.200. The molecule has 0 aromatic heterocycles. The van der Waals surface area contributed by atoms with Crippen LogP contribution in [0.1, 0.15) is 0 Å². The number of fused-ring (bicyclic) bond motifs is 1. The van der Waals surface area contributed by atoms with Gasteiger partial charge in [-0.05, 0) is 16.5 Å². The largest absolute Gasteiger partial charge is 0.222 e. The highest BCUT2D eigenvalue weighted by atomic mass is 15.7. The van der Waals surface area contributed by atoms with Crippen molar-refractivity contribution in [2.75, 3.05) is 6.54 Å². The second kappa shape index (κ2) is 1.58. The summed E-state index contributed by atoms with van der Waals surface area (Å²) in [6, 6.07) is 0. The van der Waals surface area contributed by atoms with Gasteiger partial charge in [0, 0.05) is 0 Å². The van der Waals surface area contributed by atoms with Gasteiger partial charge in [-0.3, -0.25) is 0 Å². The predicted octanol–water partition coefficient (Wildman–Crippen LogP) is 0.600. The summed E-state index contributed by atoms with van der Waals surface area (Å²) >= 11 is 0. The van der Waals surface area contributed by atoms with Crippen LogP contribution in [-0.2, 0) is 0 Å². The van der Waals surface area contributed by atoms with E-state index in [9.17, 15) is 0 Å². The predicted molar refractivity (Wildman–Crippen MR) is 30.9 cm³/mol. The number of nitrogens with zero attached hydrogens (tertiary/aromatic N) is 4. The molecule has 2 aliphatic heterocycles. The fourth-order valence-corrected chi connectivity index (χ4v) is 0.776. The van der Waals surface area contributed by atoms with Gasteiger partial charge in [0.15, 0.2) is 5.82 Å².